The number of ether oxygens (including phenoxy) is 2. The Kier molecular flexibility index (Phi) is 8.26. The number of guanidine groups is 1. The lowest BCUT2D eigenvalue weighted by Crippen LogP contribution is -2.36. The van der Waals surface area contributed by atoms with E-state index in [0.717, 1.165) is 24.5 Å². The summed E-state index contributed by atoms with van der Waals surface area (Å²) in [6.45, 7) is 2.52. The first-order valence-corrected chi connectivity index (χ1v) is 10.4. The highest BCUT2D eigenvalue weighted by atomic mass is 19.3. The lowest BCUT2D eigenvalue weighted by molar-refractivity contribution is -0.0504. The van der Waals surface area contributed by atoms with Gasteiger partial charge in [-0.2, -0.15) is 8.78 Å². The molecule has 0 unspecified atom stereocenters. The fourth-order valence-corrected chi connectivity index (χ4v) is 3.40. The number of rotatable bonds is 9. The molecule has 0 spiro atoms. The molecular formula is C22H29F2N5O2. The van der Waals surface area contributed by atoms with Crippen molar-refractivity contribution < 1.29 is 18.3 Å². The third-order valence-electron chi connectivity index (χ3n) is 4.93. The number of hydrogen-bond acceptors (Lipinski definition) is 5. The van der Waals surface area contributed by atoms with E-state index in [1.54, 1.807) is 12.1 Å². The summed E-state index contributed by atoms with van der Waals surface area (Å²) in [6.07, 6.45) is 4.20. The van der Waals surface area contributed by atoms with Crippen LogP contribution in [0.25, 0.3) is 0 Å². The molecule has 2 heterocycles. The van der Waals surface area contributed by atoms with Crippen LogP contribution in [0.5, 0.6) is 11.5 Å². The van der Waals surface area contributed by atoms with Gasteiger partial charge >= 0.3 is 6.61 Å². The van der Waals surface area contributed by atoms with Crippen molar-refractivity contribution in [2.75, 3.05) is 31.6 Å². The average molecular weight is 434 g/mol. The number of pyridine rings is 1. The number of benzene rings is 1. The fourth-order valence-electron chi connectivity index (χ4n) is 3.40. The number of aliphatic imine (C=N–C) groups is 1. The zero-order valence-corrected chi connectivity index (χ0v) is 17.9. The number of halogens is 2. The van der Waals surface area contributed by atoms with Crippen molar-refractivity contribution in [1.29, 1.82) is 0 Å². The van der Waals surface area contributed by atoms with Gasteiger partial charge in [0.15, 0.2) is 5.96 Å². The van der Waals surface area contributed by atoms with Gasteiger partial charge in [0.05, 0.1) is 13.7 Å². The summed E-state index contributed by atoms with van der Waals surface area (Å²) >= 11 is 0. The zero-order valence-electron chi connectivity index (χ0n) is 17.9. The van der Waals surface area contributed by atoms with E-state index in [2.05, 4.69) is 36.3 Å². The fraction of sp³-hybridized carbons (Fsp3) is 0.455. The van der Waals surface area contributed by atoms with Crippen LogP contribution in [-0.4, -0.2) is 44.3 Å². The molecular weight excluding hydrogens is 404 g/mol. The van der Waals surface area contributed by atoms with Gasteiger partial charge < -0.3 is 25.0 Å². The van der Waals surface area contributed by atoms with Crippen molar-refractivity contribution in [3.8, 4) is 11.5 Å². The molecule has 7 nitrogen and oxygen atoms in total. The lowest BCUT2D eigenvalue weighted by Gasteiger charge is -2.17. The molecule has 2 N–H and O–H groups in total. The Hall–Kier alpha value is -3.10. The Morgan fingerprint density at radius 3 is 2.71 bits per heavy atom. The van der Waals surface area contributed by atoms with Gasteiger partial charge in [-0.25, -0.2) is 9.98 Å². The minimum atomic E-state index is -2.90. The summed E-state index contributed by atoms with van der Waals surface area (Å²) < 4.78 is 35.3. The van der Waals surface area contributed by atoms with Gasteiger partial charge in [-0.3, -0.25) is 0 Å². The quantitative estimate of drug-likeness (QED) is 0.466. The Labute approximate surface area is 181 Å². The van der Waals surface area contributed by atoms with E-state index in [0.29, 0.717) is 30.4 Å². The molecule has 1 aromatic heterocycles. The van der Waals surface area contributed by atoms with Crippen LogP contribution in [0.3, 0.4) is 0 Å². The Morgan fingerprint density at radius 1 is 1.19 bits per heavy atom. The van der Waals surface area contributed by atoms with Crippen LogP contribution in [0.4, 0.5) is 14.6 Å². The normalized spacial score (nSPS) is 14.1. The maximum atomic E-state index is 12.7. The summed E-state index contributed by atoms with van der Waals surface area (Å²) in [4.78, 5) is 11.4. The highest BCUT2D eigenvalue weighted by Crippen LogP contribution is 2.25. The summed E-state index contributed by atoms with van der Waals surface area (Å²) in [5, 5.41) is 6.35. The van der Waals surface area contributed by atoms with E-state index in [9.17, 15) is 8.78 Å². The van der Waals surface area contributed by atoms with Crippen molar-refractivity contribution in [3.05, 3.63) is 47.7 Å². The van der Waals surface area contributed by atoms with Gasteiger partial charge in [-0.05, 0) is 55.7 Å². The molecule has 168 valence electrons. The summed E-state index contributed by atoms with van der Waals surface area (Å²) in [5.41, 5.74) is 1.60. The third-order valence-corrected chi connectivity index (χ3v) is 4.93. The highest BCUT2D eigenvalue weighted by molar-refractivity contribution is 5.79. The van der Waals surface area contributed by atoms with Crippen LogP contribution in [0, 0.1) is 0 Å². The Bertz CT molecular complexity index is 873. The van der Waals surface area contributed by atoms with Crippen LogP contribution < -0.4 is 25.0 Å². The van der Waals surface area contributed by atoms with E-state index in [1.165, 1.54) is 26.0 Å². The topological polar surface area (TPSA) is 71.0 Å². The minimum Gasteiger partial charge on any atom is -0.497 e. The molecule has 0 aliphatic carbocycles. The molecule has 31 heavy (non-hydrogen) atoms. The molecule has 0 saturated carbocycles. The van der Waals surface area contributed by atoms with E-state index in [4.69, 9.17) is 4.74 Å². The first-order valence-electron chi connectivity index (χ1n) is 10.4. The third kappa shape index (κ3) is 6.70. The van der Waals surface area contributed by atoms with Gasteiger partial charge in [0.25, 0.3) is 0 Å². The van der Waals surface area contributed by atoms with Crippen LogP contribution in [-0.2, 0) is 13.1 Å². The van der Waals surface area contributed by atoms with E-state index < -0.39 is 6.61 Å². The average Bonchev–Trinajstić information content (AvgIpc) is 3.31. The number of hydrogen-bond donors (Lipinski definition) is 2. The minimum absolute atomic E-state index is 0.100. The van der Waals surface area contributed by atoms with Crippen molar-refractivity contribution in [3.63, 3.8) is 0 Å². The first-order chi connectivity index (χ1) is 15.1. The molecule has 1 fully saturated rings. The number of nitrogens with one attached hydrogen (secondary N) is 2. The predicted molar refractivity (Wildman–Crippen MR) is 117 cm³/mol. The van der Waals surface area contributed by atoms with E-state index in [-0.39, 0.29) is 12.3 Å². The van der Waals surface area contributed by atoms with Gasteiger partial charge in [-0.1, -0.05) is 0 Å². The number of alkyl halides is 2. The second-order valence-corrected chi connectivity index (χ2v) is 7.12. The van der Waals surface area contributed by atoms with Gasteiger partial charge in [0, 0.05) is 37.9 Å². The lowest BCUT2D eigenvalue weighted by atomic mass is 10.2. The molecule has 1 aromatic carbocycles. The van der Waals surface area contributed by atoms with Crippen molar-refractivity contribution in [2.45, 2.75) is 39.5 Å². The largest absolute Gasteiger partial charge is 0.497 e. The smallest absolute Gasteiger partial charge is 0.387 e. The molecule has 1 aliphatic heterocycles. The first kappa shape index (κ1) is 22.6. The summed E-state index contributed by atoms with van der Waals surface area (Å²) in [6, 6.07) is 8.74. The standard InChI is InChI=1S/C22H29F2N5O2/c1-3-25-22(27-14-16-8-9-26-20(12-16)29-10-4-5-11-29)28-15-17-13-18(30-2)6-7-19(17)31-21(23)24/h6-9,12-13,21H,3-5,10-11,14-15H2,1-2H3,(H2,25,27,28). The maximum Gasteiger partial charge on any atom is 0.387 e. The van der Waals surface area contributed by atoms with E-state index >= 15 is 0 Å². The molecule has 1 saturated heterocycles. The van der Waals surface area contributed by atoms with Crippen LogP contribution in [0.1, 0.15) is 30.9 Å². The predicted octanol–water partition coefficient (Wildman–Crippen LogP) is 3.55. The van der Waals surface area contributed by atoms with Crippen molar-refractivity contribution in [1.82, 2.24) is 15.6 Å². The van der Waals surface area contributed by atoms with E-state index in [1.807, 2.05) is 19.2 Å². The number of methoxy groups -OCH3 is 1. The van der Waals surface area contributed by atoms with Gasteiger partial charge in [0.2, 0.25) is 0 Å². The molecule has 0 amide bonds. The molecule has 0 atom stereocenters. The second-order valence-electron chi connectivity index (χ2n) is 7.12. The van der Waals surface area contributed by atoms with Crippen LogP contribution in [0.2, 0.25) is 0 Å². The van der Waals surface area contributed by atoms with Gasteiger partial charge in [0.1, 0.15) is 17.3 Å². The SMILES string of the molecule is CCNC(=NCc1ccnc(N2CCCC2)c1)NCc1cc(OC)ccc1OC(F)F. The maximum absolute atomic E-state index is 12.7. The number of nitrogens with zero attached hydrogens (tertiary/aromatic N) is 3. The molecule has 2 aromatic rings. The highest BCUT2D eigenvalue weighted by Gasteiger charge is 2.14. The van der Waals surface area contributed by atoms with Crippen LogP contribution in [0.15, 0.2) is 41.5 Å². The van der Waals surface area contributed by atoms with Crippen LogP contribution >= 0.6 is 0 Å². The molecule has 0 radical (unpaired) electrons. The van der Waals surface area contributed by atoms with Crippen molar-refractivity contribution in [2.24, 2.45) is 4.99 Å². The zero-order chi connectivity index (χ0) is 22.1. The Balaban J connectivity index is 1.68. The molecule has 0 bridgehead atoms. The number of anilines is 1. The van der Waals surface area contributed by atoms with Crippen molar-refractivity contribution >= 4 is 11.8 Å². The molecule has 3 rings (SSSR count). The molecule has 9 heteroatoms. The second kappa shape index (κ2) is 11.3. The summed E-state index contributed by atoms with van der Waals surface area (Å²) in [5.74, 6) is 2.22. The molecule has 1 aliphatic rings. The summed E-state index contributed by atoms with van der Waals surface area (Å²) in [7, 11) is 1.52. The monoisotopic (exact) mass is 433 g/mol. The Morgan fingerprint density at radius 2 is 2.00 bits per heavy atom. The number of aromatic nitrogens is 1. The van der Waals surface area contributed by atoms with Gasteiger partial charge in [-0.15, -0.1) is 0 Å².